The summed E-state index contributed by atoms with van der Waals surface area (Å²) in [6, 6.07) is 6.84. The smallest absolute Gasteiger partial charge is 0.0123 e. The van der Waals surface area contributed by atoms with Crippen molar-refractivity contribution in [2.24, 2.45) is 0 Å². The van der Waals surface area contributed by atoms with E-state index in [1.165, 1.54) is 25.7 Å². The van der Waals surface area contributed by atoms with Crippen molar-refractivity contribution in [2.75, 3.05) is 5.33 Å². The van der Waals surface area contributed by atoms with Gasteiger partial charge in [0, 0.05) is 5.33 Å². The van der Waals surface area contributed by atoms with Crippen LogP contribution in [0.5, 0.6) is 0 Å². The molecule has 0 spiro atoms. The monoisotopic (exact) mass is 266 g/mol. The first-order chi connectivity index (χ1) is 7.15. The third-order valence-corrected chi connectivity index (χ3v) is 4.86. The van der Waals surface area contributed by atoms with Gasteiger partial charge >= 0.3 is 0 Å². The standard InChI is InChI=1S/C14H19Br/c1-14(2,10-15)13-9-5-7-11-6-3-4-8-12(11)13/h5,7,9H,3-4,6,8,10H2,1-2H3. The zero-order valence-electron chi connectivity index (χ0n) is 9.65. The maximum absolute atomic E-state index is 3.64. The molecule has 0 nitrogen and oxygen atoms in total. The zero-order valence-corrected chi connectivity index (χ0v) is 11.2. The van der Waals surface area contributed by atoms with Gasteiger partial charge in [-0.15, -0.1) is 0 Å². The molecule has 0 saturated heterocycles. The molecule has 1 aromatic rings. The molecule has 82 valence electrons. The molecular weight excluding hydrogens is 248 g/mol. The summed E-state index contributed by atoms with van der Waals surface area (Å²) < 4.78 is 0. The second-order valence-electron chi connectivity index (χ2n) is 5.17. The van der Waals surface area contributed by atoms with Crippen LogP contribution in [0.4, 0.5) is 0 Å². The van der Waals surface area contributed by atoms with Crippen LogP contribution in [0.3, 0.4) is 0 Å². The Labute approximate surface area is 101 Å². The Kier molecular flexibility index (Phi) is 3.20. The van der Waals surface area contributed by atoms with Gasteiger partial charge in [-0.05, 0) is 47.8 Å². The number of hydrogen-bond donors (Lipinski definition) is 0. The molecule has 0 heterocycles. The van der Waals surface area contributed by atoms with Gasteiger partial charge in [-0.1, -0.05) is 48.0 Å². The molecule has 0 aromatic heterocycles. The number of hydrogen-bond acceptors (Lipinski definition) is 0. The Morgan fingerprint density at radius 3 is 2.67 bits per heavy atom. The van der Waals surface area contributed by atoms with Gasteiger partial charge < -0.3 is 0 Å². The number of rotatable bonds is 2. The molecule has 0 aliphatic heterocycles. The largest absolute Gasteiger partial charge is 0.0919 e. The van der Waals surface area contributed by atoms with Crippen LogP contribution in [0, 0.1) is 0 Å². The third kappa shape index (κ3) is 2.13. The van der Waals surface area contributed by atoms with Gasteiger partial charge in [0.15, 0.2) is 0 Å². The number of fused-ring (bicyclic) bond motifs is 1. The second-order valence-corrected chi connectivity index (χ2v) is 5.73. The van der Waals surface area contributed by atoms with Crippen molar-refractivity contribution in [2.45, 2.75) is 44.9 Å². The van der Waals surface area contributed by atoms with E-state index in [1.54, 1.807) is 16.7 Å². The van der Waals surface area contributed by atoms with Gasteiger partial charge in [0.2, 0.25) is 0 Å². The Hall–Kier alpha value is -0.300. The van der Waals surface area contributed by atoms with Gasteiger partial charge in [-0.2, -0.15) is 0 Å². The Morgan fingerprint density at radius 2 is 1.93 bits per heavy atom. The van der Waals surface area contributed by atoms with E-state index < -0.39 is 0 Å². The van der Waals surface area contributed by atoms with Crippen molar-refractivity contribution < 1.29 is 0 Å². The molecule has 0 N–H and O–H groups in total. The van der Waals surface area contributed by atoms with Crippen LogP contribution in [0.15, 0.2) is 18.2 Å². The van der Waals surface area contributed by atoms with Crippen LogP contribution in [0.2, 0.25) is 0 Å². The number of benzene rings is 1. The molecule has 0 atom stereocenters. The molecular formula is C14H19Br. The molecule has 1 heteroatoms. The van der Waals surface area contributed by atoms with E-state index in [2.05, 4.69) is 48.0 Å². The number of alkyl halides is 1. The first-order valence-corrected chi connectivity index (χ1v) is 6.94. The summed E-state index contributed by atoms with van der Waals surface area (Å²) in [7, 11) is 0. The van der Waals surface area contributed by atoms with Crippen molar-refractivity contribution in [1.82, 2.24) is 0 Å². The molecule has 1 aliphatic carbocycles. The normalized spacial score (nSPS) is 16.2. The summed E-state index contributed by atoms with van der Waals surface area (Å²) in [5, 5.41) is 1.04. The van der Waals surface area contributed by atoms with E-state index in [1.807, 2.05) is 0 Å². The number of aryl methyl sites for hydroxylation is 1. The maximum Gasteiger partial charge on any atom is 0.0123 e. The van der Waals surface area contributed by atoms with Gasteiger partial charge in [0.1, 0.15) is 0 Å². The van der Waals surface area contributed by atoms with Crippen LogP contribution in [-0.2, 0) is 18.3 Å². The predicted octanol–water partition coefficient (Wildman–Crippen LogP) is 4.24. The molecule has 1 aliphatic rings. The average molecular weight is 267 g/mol. The van der Waals surface area contributed by atoms with Gasteiger partial charge in [0.05, 0.1) is 0 Å². The minimum absolute atomic E-state index is 0.267. The molecule has 1 aromatic carbocycles. The quantitative estimate of drug-likeness (QED) is 0.703. The van der Waals surface area contributed by atoms with E-state index in [0.29, 0.717) is 0 Å². The van der Waals surface area contributed by atoms with Crippen molar-refractivity contribution >= 4 is 15.9 Å². The highest BCUT2D eigenvalue weighted by atomic mass is 79.9. The van der Waals surface area contributed by atoms with E-state index >= 15 is 0 Å². The molecule has 0 unspecified atom stereocenters. The van der Waals surface area contributed by atoms with Crippen LogP contribution < -0.4 is 0 Å². The first kappa shape index (κ1) is 11.2. The van der Waals surface area contributed by atoms with E-state index in [4.69, 9.17) is 0 Å². The lowest BCUT2D eigenvalue weighted by Crippen LogP contribution is -2.22. The van der Waals surface area contributed by atoms with E-state index in [0.717, 1.165) is 5.33 Å². The van der Waals surface area contributed by atoms with E-state index in [-0.39, 0.29) is 5.41 Å². The summed E-state index contributed by atoms with van der Waals surface area (Å²) in [6.07, 6.45) is 5.29. The highest BCUT2D eigenvalue weighted by molar-refractivity contribution is 9.09. The average Bonchev–Trinajstić information content (AvgIpc) is 2.28. The second kappa shape index (κ2) is 4.29. The molecule has 15 heavy (non-hydrogen) atoms. The van der Waals surface area contributed by atoms with Crippen LogP contribution in [0.1, 0.15) is 43.4 Å². The first-order valence-electron chi connectivity index (χ1n) is 5.82. The highest BCUT2D eigenvalue weighted by Gasteiger charge is 2.24. The zero-order chi connectivity index (χ0) is 10.9. The molecule has 0 saturated carbocycles. The Balaban J connectivity index is 2.48. The Morgan fingerprint density at radius 1 is 1.20 bits per heavy atom. The summed E-state index contributed by atoms with van der Waals surface area (Å²) in [5.41, 5.74) is 5.04. The third-order valence-electron chi connectivity index (χ3n) is 3.46. The lowest BCUT2D eigenvalue weighted by atomic mass is 9.78. The summed E-state index contributed by atoms with van der Waals surface area (Å²) in [4.78, 5) is 0. The summed E-state index contributed by atoms with van der Waals surface area (Å²) in [6.45, 7) is 4.65. The fourth-order valence-electron chi connectivity index (χ4n) is 2.49. The van der Waals surface area contributed by atoms with Crippen molar-refractivity contribution in [3.05, 3.63) is 34.9 Å². The molecule has 0 fully saturated rings. The van der Waals surface area contributed by atoms with Crippen LogP contribution >= 0.6 is 15.9 Å². The van der Waals surface area contributed by atoms with Crippen molar-refractivity contribution in [3.8, 4) is 0 Å². The molecule has 0 radical (unpaired) electrons. The molecule has 0 amide bonds. The fourth-order valence-corrected chi connectivity index (χ4v) is 2.79. The van der Waals surface area contributed by atoms with Gasteiger partial charge in [-0.3, -0.25) is 0 Å². The van der Waals surface area contributed by atoms with E-state index in [9.17, 15) is 0 Å². The highest BCUT2D eigenvalue weighted by Crippen LogP contribution is 2.33. The molecule has 0 bridgehead atoms. The lowest BCUT2D eigenvalue weighted by molar-refractivity contribution is 0.581. The van der Waals surface area contributed by atoms with Gasteiger partial charge in [0.25, 0.3) is 0 Å². The van der Waals surface area contributed by atoms with Crippen LogP contribution in [0.25, 0.3) is 0 Å². The number of halogens is 1. The minimum atomic E-state index is 0.267. The fraction of sp³-hybridized carbons (Fsp3) is 0.571. The van der Waals surface area contributed by atoms with Gasteiger partial charge in [-0.25, -0.2) is 0 Å². The topological polar surface area (TPSA) is 0 Å². The van der Waals surface area contributed by atoms with Crippen LogP contribution in [-0.4, -0.2) is 5.33 Å². The minimum Gasteiger partial charge on any atom is -0.0919 e. The SMILES string of the molecule is CC(C)(CBr)c1cccc2c1CCCC2. The Bertz CT molecular complexity index is 352. The summed E-state index contributed by atoms with van der Waals surface area (Å²) in [5.74, 6) is 0. The lowest BCUT2D eigenvalue weighted by Gasteiger charge is -2.29. The predicted molar refractivity (Wildman–Crippen MR) is 69.9 cm³/mol. The van der Waals surface area contributed by atoms with Crippen molar-refractivity contribution in [1.29, 1.82) is 0 Å². The van der Waals surface area contributed by atoms with Crippen molar-refractivity contribution in [3.63, 3.8) is 0 Å². The summed E-state index contributed by atoms with van der Waals surface area (Å²) >= 11 is 3.64. The maximum atomic E-state index is 3.64. The molecule has 2 rings (SSSR count).